The summed E-state index contributed by atoms with van der Waals surface area (Å²) in [7, 11) is 0. The lowest BCUT2D eigenvalue weighted by atomic mass is 9.88. The fraction of sp³-hybridized carbons (Fsp3) is 0.400. The van der Waals surface area contributed by atoms with Crippen molar-refractivity contribution >= 4 is 27.9 Å². The van der Waals surface area contributed by atoms with Gasteiger partial charge in [-0.3, -0.25) is 4.79 Å². The van der Waals surface area contributed by atoms with E-state index in [0.29, 0.717) is 18.8 Å². The minimum atomic E-state index is -0.410. The lowest BCUT2D eigenvalue weighted by Crippen LogP contribution is -2.50. The first-order valence-electron chi connectivity index (χ1n) is 6.65. The number of piperidine rings is 1. The number of phenols is 1. The predicted molar refractivity (Wildman–Crippen MR) is 79.9 cm³/mol. The first-order chi connectivity index (χ1) is 9.50. The van der Waals surface area contributed by atoms with E-state index in [0.717, 1.165) is 22.9 Å². The van der Waals surface area contributed by atoms with Gasteiger partial charge in [-0.15, -0.1) is 0 Å². The van der Waals surface area contributed by atoms with Crippen molar-refractivity contribution in [3.63, 3.8) is 0 Å². The number of hydrogen-bond donors (Lipinski definition) is 1. The highest BCUT2D eigenvalue weighted by atomic mass is 79.9. The largest absolute Gasteiger partial charge is 0.508 e. The number of fused-ring (bicyclic) bond motifs is 1. The maximum atomic E-state index is 11.4. The molecule has 0 aromatic heterocycles. The van der Waals surface area contributed by atoms with E-state index >= 15 is 0 Å². The van der Waals surface area contributed by atoms with Gasteiger partial charge in [-0.05, 0) is 18.2 Å². The van der Waals surface area contributed by atoms with Gasteiger partial charge in [-0.2, -0.15) is 0 Å². The maximum absolute atomic E-state index is 11.4. The molecular weight excluding hydrogens is 322 g/mol. The highest BCUT2D eigenvalue weighted by Gasteiger charge is 2.42. The number of rotatable bonds is 0. The van der Waals surface area contributed by atoms with Crippen LogP contribution >= 0.6 is 15.9 Å². The maximum Gasteiger partial charge on any atom is 0.219 e. The smallest absolute Gasteiger partial charge is 0.219 e. The SMILES string of the molecule is CC(=O)N1CCC2(CC1)Oc1cc(O)ccc1C=C2Br. The van der Waals surface area contributed by atoms with Crippen LogP contribution in [-0.4, -0.2) is 34.6 Å². The second-order valence-corrected chi connectivity index (χ2v) is 6.17. The van der Waals surface area contributed by atoms with Crippen LogP contribution in [0.5, 0.6) is 11.5 Å². The zero-order valence-electron chi connectivity index (χ0n) is 11.2. The molecule has 1 aromatic rings. The van der Waals surface area contributed by atoms with Crippen LogP contribution in [0.1, 0.15) is 25.3 Å². The highest BCUT2D eigenvalue weighted by Crippen LogP contribution is 2.44. The standard InChI is InChI=1S/C15H16BrNO3/c1-10(18)17-6-4-15(5-7-17)14(16)8-11-2-3-12(19)9-13(11)20-15/h2-3,8-9,19H,4-7H2,1H3. The molecule has 0 saturated carbocycles. The highest BCUT2D eigenvalue weighted by molar-refractivity contribution is 9.11. The summed E-state index contributed by atoms with van der Waals surface area (Å²) in [6.45, 7) is 2.97. The third kappa shape index (κ3) is 2.20. The van der Waals surface area contributed by atoms with Gasteiger partial charge >= 0.3 is 0 Å². The Morgan fingerprint density at radius 3 is 2.75 bits per heavy atom. The summed E-state index contributed by atoms with van der Waals surface area (Å²) in [6, 6.07) is 5.13. The third-order valence-electron chi connectivity index (χ3n) is 4.04. The molecule has 4 nitrogen and oxygen atoms in total. The Hall–Kier alpha value is -1.49. The Kier molecular flexibility index (Phi) is 3.24. The molecule has 1 saturated heterocycles. The Bertz CT molecular complexity index is 589. The molecule has 0 aliphatic carbocycles. The first kappa shape index (κ1) is 13.5. The van der Waals surface area contributed by atoms with E-state index in [4.69, 9.17) is 4.74 Å². The Balaban J connectivity index is 1.88. The van der Waals surface area contributed by atoms with Gasteiger partial charge in [0.1, 0.15) is 17.1 Å². The van der Waals surface area contributed by atoms with Gasteiger partial charge in [0.25, 0.3) is 0 Å². The summed E-state index contributed by atoms with van der Waals surface area (Å²) in [5, 5.41) is 9.59. The van der Waals surface area contributed by atoms with Gasteiger partial charge in [-0.25, -0.2) is 0 Å². The van der Waals surface area contributed by atoms with Crippen molar-refractivity contribution < 1.29 is 14.6 Å². The van der Waals surface area contributed by atoms with E-state index in [1.165, 1.54) is 0 Å². The number of ether oxygens (including phenoxy) is 1. The number of halogens is 1. The molecule has 3 rings (SSSR count). The monoisotopic (exact) mass is 337 g/mol. The van der Waals surface area contributed by atoms with Crippen molar-refractivity contribution in [1.29, 1.82) is 0 Å². The van der Waals surface area contributed by atoms with E-state index in [-0.39, 0.29) is 11.7 Å². The van der Waals surface area contributed by atoms with Crippen molar-refractivity contribution in [3.8, 4) is 11.5 Å². The fourth-order valence-electron chi connectivity index (χ4n) is 2.78. The van der Waals surface area contributed by atoms with Crippen LogP contribution in [0.25, 0.3) is 6.08 Å². The normalized spacial score (nSPS) is 20.1. The van der Waals surface area contributed by atoms with Crippen LogP contribution in [0, 0.1) is 0 Å². The van der Waals surface area contributed by atoms with E-state index in [9.17, 15) is 9.90 Å². The van der Waals surface area contributed by atoms with Crippen LogP contribution in [0.2, 0.25) is 0 Å². The third-order valence-corrected chi connectivity index (χ3v) is 4.99. The second-order valence-electron chi connectivity index (χ2n) is 5.32. The summed E-state index contributed by atoms with van der Waals surface area (Å²) in [5.41, 5.74) is 0.543. The summed E-state index contributed by atoms with van der Waals surface area (Å²) in [6.07, 6.45) is 3.54. The molecule has 106 valence electrons. The summed E-state index contributed by atoms with van der Waals surface area (Å²) >= 11 is 3.62. The van der Waals surface area contributed by atoms with E-state index in [2.05, 4.69) is 15.9 Å². The lowest BCUT2D eigenvalue weighted by molar-refractivity contribution is -0.131. The van der Waals surface area contributed by atoms with Gasteiger partial charge in [0.15, 0.2) is 0 Å². The molecule has 20 heavy (non-hydrogen) atoms. The van der Waals surface area contributed by atoms with Crippen LogP contribution < -0.4 is 4.74 Å². The molecule has 1 aromatic carbocycles. The van der Waals surface area contributed by atoms with E-state index < -0.39 is 5.60 Å². The summed E-state index contributed by atoms with van der Waals surface area (Å²) in [5.74, 6) is 1.00. The molecule has 1 fully saturated rings. The van der Waals surface area contributed by atoms with Crippen LogP contribution in [-0.2, 0) is 4.79 Å². The van der Waals surface area contributed by atoms with Crippen LogP contribution in [0.3, 0.4) is 0 Å². The minimum absolute atomic E-state index is 0.105. The number of aromatic hydroxyl groups is 1. The van der Waals surface area contributed by atoms with Gasteiger partial charge in [0, 0.05) is 49.0 Å². The molecule has 5 heteroatoms. The van der Waals surface area contributed by atoms with Gasteiger partial charge in [0.2, 0.25) is 5.91 Å². The van der Waals surface area contributed by atoms with Crippen molar-refractivity contribution in [2.45, 2.75) is 25.4 Å². The number of amides is 1. The Morgan fingerprint density at radius 2 is 2.10 bits per heavy atom. The molecule has 2 heterocycles. The molecule has 1 amide bonds. The quantitative estimate of drug-likeness (QED) is 0.791. The number of carbonyl (C=O) groups is 1. The Morgan fingerprint density at radius 1 is 1.40 bits per heavy atom. The zero-order chi connectivity index (χ0) is 14.3. The summed E-state index contributed by atoms with van der Waals surface area (Å²) < 4.78 is 7.17. The van der Waals surface area contributed by atoms with Gasteiger partial charge in [0.05, 0.1) is 0 Å². The van der Waals surface area contributed by atoms with Crippen LogP contribution in [0.4, 0.5) is 0 Å². The van der Waals surface area contributed by atoms with Crippen LogP contribution in [0.15, 0.2) is 22.7 Å². The fourth-order valence-corrected chi connectivity index (χ4v) is 3.51. The first-order valence-corrected chi connectivity index (χ1v) is 7.45. The minimum Gasteiger partial charge on any atom is -0.508 e. The molecule has 0 bridgehead atoms. The van der Waals surface area contributed by atoms with E-state index in [1.54, 1.807) is 19.1 Å². The molecule has 1 spiro atoms. The predicted octanol–water partition coefficient (Wildman–Crippen LogP) is 2.90. The zero-order valence-corrected chi connectivity index (χ0v) is 12.8. The van der Waals surface area contributed by atoms with Gasteiger partial charge < -0.3 is 14.7 Å². The molecule has 1 N–H and O–H groups in total. The Labute approximate surface area is 126 Å². The number of carbonyl (C=O) groups excluding carboxylic acids is 1. The van der Waals surface area contributed by atoms with Crippen molar-refractivity contribution in [1.82, 2.24) is 4.90 Å². The topological polar surface area (TPSA) is 49.8 Å². The number of benzene rings is 1. The molecular formula is C15H16BrNO3. The number of nitrogens with zero attached hydrogens (tertiary/aromatic N) is 1. The average Bonchev–Trinajstić information content (AvgIpc) is 2.41. The molecule has 0 unspecified atom stereocenters. The lowest BCUT2D eigenvalue weighted by Gasteiger charge is -2.43. The average molecular weight is 338 g/mol. The van der Waals surface area contributed by atoms with Crippen molar-refractivity contribution in [2.75, 3.05) is 13.1 Å². The number of hydrogen-bond acceptors (Lipinski definition) is 3. The molecule has 2 aliphatic heterocycles. The molecule has 0 radical (unpaired) electrons. The van der Waals surface area contributed by atoms with Crippen molar-refractivity contribution in [3.05, 3.63) is 28.2 Å². The molecule has 0 atom stereocenters. The number of phenolic OH excluding ortho intramolecular Hbond substituents is 1. The summed E-state index contributed by atoms with van der Waals surface area (Å²) in [4.78, 5) is 13.3. The van der Waals surface area contributed by atoms with E-state index in [1.807, 2.05) is 17.0 Å². The second kappa shape index (κ2) is 4.81. The molecule has 2 aliphatic rings. The van der Waals surface area contributed by atoms with Gasteiger partial charge in [-0.1, -0.05) is 15.9 Å². The van der Waals surface area contributed by atoms with Crippen molar-refractivity contribution in [2.24, 2.45) is 0 Å². The number of likely N-dealkylation sites (tertiary alicyclic amines) is 1.